The number of anilines is 1. The minimum absolute atomic E-state index is 0.107. The van der Waals surface area contributed by atoms with E-state index in [9.17, 15) is 9.18 Å². The van der Waals surface area contributed by atoms with Crippen LogP contribution in [-0.2, 0) is 6.54 Å². The van der Waals surface area contributed by atoms with E-state index in [0.29, 0.717) is 39.7 Å². The molecule has 0 radical (unpaired) electrons. The number of benzene rings is 1. The van der Waals surface area contributed by atoms with Gasteiger partial charge in [-0.3, -0.25) is 14.3 Å². The van der Waals surface area contributed by atoms with Gasteiger partial charge in [-0.25, -0.2) is 19.0 Å². The molecule has 0 amide bonds. The molecule has 9 heteroatoms. The third kappa shape index (κ3) is 3.46. The molecule has 34 heavy (non-hydrogen) atoms. The van der Waals surface area contributed by atoms with Crippen LogP contribution in [0.1, 0.15) is 30.3 Å². The molecule has 0 aliphatic heterocycles. The zero-order chi connectivity index (χ0) is 23.8. The highest BCUT2D eigenvalue weighted by Crippen LogP contribution is 2.24. The lowest BCUT2D eigenvalue weighted by atomic mass is 10.1. The summed E-state index contributed by atoms with van der Waals surface area (Å²) in [5.41, 5.74) is 8.56. The van der Waals surface area contributed by atoms with E-state index >= 15 is 0 Å². The molecule has 0 atom stereocenters. The second-order valence-electron chi connectivity index (χ2n) is 7.73. The molecular weight excluding hydrogens is 433 g/mol. The number of hydrogen-bond donors (Lipinski definition) is 1. The standard InChI is InChI=1S/C25H20FN7O/c1-3-4-8-18-22-23(27)29-14-30-24(22)32(31-18)13-16-12-19-21(15(2)10-11-28-19)25(34)33(16)20-9-6-5-7-17(20)26/h5-7,9-12,14H,3,13H2,1-2H3,(H2,27,29,30). The van der Waals surface area contributed by atoms with Crippen LogP contribution in [0.4, 0.5) is 10.2 Å². The van der Waals surface area contributed by atoms with E-state index in [1.807, 2.05) is 13.8 Å². The Bertz CT molecular complexity index is 1690. The first kappa shape index (κ1) is 21.3. The van der Waals surface area contributed by atoms with Crippen LogP contribution in [-0.4, -0.2) is 29.3 Å². The third-order valence-corrected chi connectivity index (χ3v) is 5.54. The van der Waals surface area contributed by atoms with Crippen molar-refractivity contribution >= 4 is 27.8 Å². The zero-order valence-corrected chi connectivity index (χ0v) is 18.6. The SMILES string of the molecule is CCC#Cc1nn(Cc2cc3nccc(C)c3c(=O)n2-c2ccccc2F)c2ncnc(N)c12. The minimum Gasteiger partial charge on any atom is -0.383 e. The minimum atomic E-state index is -0.516. The molecule has 0 saturated heterocycles. The van der Waals surface area contributed by atoms with Gasteiger partial charge in [-0.15, -0.1) is 0 Å². The number of rotatable bonds is 3. The lowest BCUT2D eigenvalue weighted by Gasteiger charge is -2.16. The fraction of sp³-hybridized carbons (Fsp3) is 0.160. The number of aryl methyl sites for hydroxylation is 1. The van der Waals surface area contributed by atoms with Crippen molar-refractivity contribution in [3.05, 3.63) is 82.0 Å². The van der Waals surface area contributed by atoms with Crippen molar-refractivity contribution in [1.82, 2.24) is 29.3 Å². The van der Waals surface area contributed by atoms with Crippen molar-refractivity contribution in [2.75, 3.05) is 5.73 Å². The first-order valence-electron chi connectivity index (χ1n) is 10.7. The summed E-state index contributed by atoms with van der Waals surface area (Å²) < 4.78 is 17.8. The van der Waals surface area contributed by atoms with Crippen LogP contribution in [0, 0.1) is 24.6 Å². The van der Waals surface area contributed by atoms with Gasteiger partial charge in [-0.05, 0) is 42.7 Å². The van der Waals surface area contributed by atoms with Gasteiger partial charge in [-0.2, -0.15) is 5.10 Å². The molecule has 4 heterocycles. The van der Waals surface area contributed by atoms with Crippen molar-refractivity contribution in [2.45, 2.75) is 26.8 Å². The van der Waals surface area contributed by atoms with Crippen molar-refractivity contribution in [3.8, 4) is 17.5 Å². The molecule has 2 N–H and O–H groups in total. The highest BCUT2D eigenvalue weighted by molar-refractivity contribution is 5.90. The summed E-state index contributed by atoms with van der Waals surface area (Å²) in [6.45, 7) is 3.87. The fourth-order valence-corrected chi connectivity index (χ4v) is 4.00. The van der Waals surface area contributed by atoms with Crippen LogP contribution < -0.4 is 11.3 Å². The number of para-hydroxylation sites is 1. The van der Waals surface area contributed by atoms with Crippen LogP contribution in [0.2, 0.25) is 0 Å². The molecule has 5 rings (SSSR count). The van der Waals surface area contributed by atoms with E-state index in [-0.39, 0.29) is 23.6 Å². The maximum absolute atomic E-state index is 14.9. The van der Waals surface area contributed by atoms with Crippen molar-refractivity contribution < 1.29 is 4.39 Å². The number of aromatic nitrogens is 6. The Labute approximate surface area is 193 Å². The number of fused-ring (bicyclic) bond motifs is 2. The summed E-state index contributed by atoms with van der Waals surface area (Å²) in [6.07, 6.45) is 3.64. The lowest BCUT2D eigenvalue weighted by Crippen LogP contribution is -2.25. The van der Waals surface area contributed by atoms with Crippen LogP contribution in [0.15, 0.2) is 53.7 Å². The van der Waals surface area contributed by atoms with E-state index < -0.39 is 5.82 Å². The van der Waals surface area contributed by atoms with Gasteiger partial charge >= 0.3 is 0 Å². The quantitative estimate of drug-likeness (QED) is 0.420. The number of hydrogen-bond acceptors (Lipinski definition) is 6. The van der Waals surface area contributed by atoms with E-state index in [0.717, 1.165) is 5.56 Å². The molecule has 0 aliphatic rings. The van der Waals surface area contributed by atoms with E-state index in [1.165, 1.54) is 17.0 Å². The maximum atomic E-state index is 14.9. The molecule has 0 fully saturated rings. The van der Waals surface area contributed by atoms with Gasteiger partial charge in [0.15, 0.2) is 5.65 Å². The van der Waals surface area contributed by atoms with Crippen molar-refractivity contribution in [2.24, 2.45) is 0 Å². The molecule has 0 spiro atoms. The van der Waals surface area contributed by atoms with E-state index in [2.05, 4.69) is 31.9 Å². The second-order valence-corrected chi connectivity index (χ2v) is 7.73. The van der Waals surface area contributed by atoms with Gasteiger partial charge in [0, 0.05) is 12.6 Å². The van der Waals surface area contributed by atoms with Crippen molar-refractivity contribution in [3.63, 3.8) is 0 Å². The summed E-state index contributed by atoms with van der Waals surface area (Å²) >= 11 is 0. The van der Waals surface area contributed by atoms with Crippen LogP contribution in [0.5, 0.6) is 0 Å². The molecule has 168 valence electrons. The molecule has 1 aromatic carbocycles. The van der Waals surface area contributed by atoms with Gasteiger partial charge in [0.2, 0.25) is 0 Å². The smallest absolute Gasteiger partial charge is 0.265 e. The zero-order valence-electron chi connectivity index (χ0n) is 18.6. The third-order valence-electron chi connectivity index (χ3n) is 5.54. The topological polar surface area (TPSA) is 105 Å². The summed E-state index contributed by atoms with van der Waals surface area (Å²) in [5, 5.41) is 5.57. The van der Waals surface area contributed by atoms with Gasteiger partial charge in [-0.1, -0.05) is 25.0 Å². The molecule has 0 bridgehead atoms. The average molecular weight is 453 g/mol. The second kappa shape index (κ2) is 8.41. The summed E-state index contributed by atoms with van der Waals surface area (Å²) in [6, 6.07) is 9.68. The Morgan fingerprint density at radius 2 is 1.94 bits per heavy atom. The summed E-state index contributed by atoms with van der Waals surface area (Å²) in [5.74, 6) is 5.75. The van der Waals surface area contributed by atoms with Gasteiger partial charge in [0.05, 0.1) is 34.2 Å². The number of pyridine rings is 2. The van der Waals surface area contributed by atoms with E-state index in [4.69, 9.17) is 5.73 Å². The molecule has 4 aromatic heterocycles. The Balaban J connectivity index is 1.80. The monoisotopic (exact) mass is 453 g/mol. The molecular formula is C25H20FN7O. The molecule has 8 nitrogen and oxygen atoms in total. The highest BCUT2D eigenvalue weighted by Gasteiger charge is 2.19. The number of halogens is 1. The van der Waals surface area contributed by atoms with Gasteiger partial charge < -0.3 is 5.73 Å². The highest BCUT2D eigenvalue weighted by atomic mass is 19.1. The van der Waals surface area contributed by atoms with Crippen LogP contribution in [0.3, 0.4) is 0 Å². The summed E-state index contributed by atoms with van der Waals surface area (Å²) in [4.78, 5) is 26.4. The first-order valence-corrected chi connectivity index (χ1v) is 10.7. The van der Waals surface area contributed by atoms with Crippen LogP contribution >= 0.6 is 0 Å². The number of nitrogen functional groups attached to an aromatic ring is 1. The molecule has 0 unspecified atom stereocenters. The largest absolute Gasteiger partial charge is 0.383 e. The number of nitrogens with zero attached hydrogens (tertiary/aromatic N) is 6. The fourth-order valence-electron chi connectivity index (χ4n) is 4.00. The molecule has 5 aromatic rings. The Hall–Kier alpha value is -4.58. The maximum Gasteiger partial charge on any atom is 0.265 e. The predicted octanol–water partition coefficient (Wildman–Crippen LogP) is 3.36. The van der Waals surface area contributed by atoms with E-state index in [1.54, 1.807) is 41.2 Å². The summed E-state index contributed by atoms with van der Waals surface area (Å²) in [7, 11) is 0. The van der Waals surface area contributed by atoms with Gasteiger partial charge in [0.25, 0.3) is 5.56 Å². The van der Waals surface area contributed by atoms with Crippen LogP contribution in [0.25, 0.3) is 27.6 Å². The Morgan fingerprint density at radius 1 is 1.12 bits per heavy atom. The number of nitrogens with two attached hydrogens (primary N) is 1. The Kier molecular flexibility index (Phi) is 5.26. The van der Waals surface area contributed by atoms with Gasteiger partial charge in [0.1, 0.15) is 23.7 Å². The first-order chi connectivity index (χ1) is 16.5. The predicted molar refractivity (Wildman–Crippen MR) is 128 cm³/mol. The molecule has 0 aliphatic carbocycles. The van der Waals surface area contributed by atoms with Crippen molar-refractivity contribution in [1.29, 1.82) is 0 Å². The molecule has 0 saturated carbocycles. The lowest BCUT2D eigenvalue weighted by molar-refractivity contribution is 0.606. The average Bonchev–Trinajstić information content (AvgIpc) is 3.17. The Morgan fingerprint density at radius 3 is 2.74 bits per heavy atom. The normalized spacial score (nSPS) is 11.0.